The van der Waals surface area contributed by atoms with Gasteiger partial charge in [0.05, 0.1) is 21.7 Å². The van der Waals surface area contributed by atoms with E-state index in [2.05, 4.69) is 21.2 Å². The van der Waals surface area contributed by atoms with Crippen LogP contribution in [0.4, 0.5) is 11.5 Å². The number of imide groups is 1. The number of carbonyl (C=O) groups is 2. The number of carbonyl (C=O) groups excluding carboxylic acids is 2. The lowest BCUT2D eigenvalue weighted by Crippen LogP contribution is -2.25. The number of nitrogens with two attached hydrogens (primary N) is 1. The van der Waals surface area contributed by atoms with Crippen molar-refractivity contribution < 1.29 is 14.5 Å². The van der Waals surface area contributed by atoms with E-state index in [1.165, 1.54) is 12.1 Å². The Morgan fingerprint density at radius 2 is 1.88 bits per heavy atom. The zero-order valence-electron chi connectivity index (χ0n) is 12.1. The molecule has 0 spiro atoms. The number of nitrogens with one attached hydrogen (secondary N) is 1. The minimum atomic E-state index is -0.697. The zero-order chi connectivity index (χ0) is 17.8. The van der Waals surface area contributed by atoms with Gasteiger partial charge in [0.25, 0.3) is 23.1 Å². The number of nitro benzene ring substituents is 1. The lowest BCUT2D eigenvalue weighted by molar-refractivity contribution is -0.385. The third-order valence-electron chi connectivity index (χ3n) is 3.63. The molecule has 3 N–H and O–H groups in total. The maximum Gasteiger partial charge on any atom is 0.270 e. The maximum atomic E-state index is 12.4. The topological polar surface area (TPSA) is 137 Å². The molecular weight excluding hydrogens is 384 g/mol. The second-order valence-electron chi connectivity index (χ2n) is 5.13. The number of aryl methyl sites for hydroxylation is 1. The molecule has 0 bridgehead atoms. The van der Waals surface area contributed by atoms with Crippen LogP contribution in [0.2, 0.25) is 0 Å². The third-order valence-corrected chi connectivity index (χ3v) is 4.23. The molecular formula is C14H9BrN4O5. The fourth-order valence-electron chi connectivity index (χ4n) is 2.62. The highest BCUT2D eigenvalue weighted by Crippen LogP contribution is 2.32. The standard InChI is InChI=1S/C14H9BrN4O5/c1-5-2-6(19(23)24)3-8(15)11(5)18-9(20)4-7-10(12(18)16)14(22)17-13(7)21/h2-4H,16H2,1H3,(H,17,21,22). The molecule has 0 saturated carbocycles. The van der Waals surface area contributed by atoms with Crippen molar-refractivity contribution in [2.45, 2.75) is 6.92 Å². The quantitative estimate of drug-likeness (QED) is 0.448. The molecule has 122 valence electrons. The predicted octanol–water partition coefficient (Wildman–Crippen LogP) is 1.28. The van der Waals surface area contributed by atoms with Gasteiger partial charge in [0, 0.05) is 22.7 Å². The van der Waals surface area contributed by atoms with Gasteiger partial charge in [-0.3, -0.25) is 34.4 Å². The van der Waals surface area contributed by atoms with Crippen molar-refractivity contribution in [3.05, 3.63) is 59.8 Å². The van der Waals surface area contributed by atoms with E-state index >= 15 is 0 Å². The first kappa shape index (κ1) is 15.9. The number of nitrogen functional groups attached to an aromatic ring is 1. The molecule has 2 aromatic rings. The van der Waals surface area contributed by atoms with Crippen molar-refractivity contribution in [2.75, 3.05) is 5.73 Å². The summed E-state index contributed by atoms with van der Waals surface area (Å²) in [6.07, 6.45) is 0. The van der Waals surface area contributed by atoms with Gasteiger partial charge in [-0.05, 0) is 28.4 Å². The van der Waals surface area contributed by atoms with E-state index in [0.717, 1.165) is 10.6 Å². The number of hydrogen-bond donors (Lipinski definition) is 2. The Morgan fingerprint density at radius 3 is 2.46 bits per heavy atom. The highest BCUT2D eigenvalue weighted by atomic mass is 79.9. The van der Waals surface area contributed by atoms with Gasteiger partial charge in [-0.25, -0.2) is 0 Å². The molecule has 24 heavy (non-hydrogen) atoms. The summed E-state index contributed by atoms with van der Waals surface area (Å²) < 4.78 is 1.30. The maximum absolute atomic E-state index is 12.4. The number of anilines is 1. The molecule has 0 aliphatic carbocycles. The number of benzene rings is 1. The lowest BCUT2D eigenvalue weighted by atomic mass is 10.1. The van der Waals surface area contributed by atoms with E-state index in [1.54, 1.807) is 6.92 Å². The number of halogens is 1. The molecule has 1 aliphatic rings. The molecule has 2 heterocycles. The summed E-state index contributed by atoms with van der Waals surface area (Å²) in [4.78, 5) is 46.3. The van der Waals surface area contributed by atoms with Crippen LogP contribution in [-0.4, -0.2) is 21.3 Å². The molecule has 9 nitrogen and oxygen atoms in total. The average molecular weight is 393 g/mol. The molecule has 0 saturated heterocycles. The number of fused-ring (bicyclic) bond motifs is 1. The highest BCUT2D eigenvalue weighted by Gasteiger charge is 2.32. The smallest absolute Gasteiger partial charge is 0.270 e. The zero-order valence-corrected chi connectivity index (χ0v) is 13.7. The van der Waals surface area contributed by atoms with Crippen LogP contribution in [0, 0.1) is 17.0 Å². The molecule has 1 aromatic carbocycles. The van der Waals surface area contributed by atoms with Crippen LogP contribution in [0.1, 0.15) is 26.3 Å². The highest BCUT2D eigenvalue weighted by molar-refractivity contribution is 9.10. The fraction of sp³-hybridized carbons (Fsp3) is 0.0714. The van der Waals surface area contributed by atoms with Gasteiger partial charge in [0.15, 0.2) is 0 Å². The largest absolute Gasteiger partial charge is 0.384 e. The van der Waals surface area contributed by atoms with E-state index < -0.39 is 22.3 Å². The lowest BCUT2D eigenvalue weighted by Gasteiger charge is -2.15. The number of pyridine rings is 1. The average Bonchev–Trinajstić information content (AvgIpc) is 2.75. The first-order chi connectivity index (χ1) is 11.2. The summed E-state index contributed by atoms with van der Waals surface area (Å²) in [5.41, 5.74) is 5.64. The van der Waals surface area contributed by atoms with Crippen molar-refractivity contribution in [3.63, 3.8) is 0 Å². The van der Waals surface area contributed by atoms with Crippen LogP contribution in [-0.2, 0) is 0 Å². The Morgan fingerprint density at radius 1 is 1.21 bits per heavy atom. The van der Waals surface area contributed by atoms with E-state index in [1.807, 2.05) is 0 Å². The number of rotatable bonds is 2. The van der Waals surface area contributed by atoms with Crippen LogP contribution < -0.4 is 16.6 Å². The van der Waals surface area contributed by atoms with E-state index in [0.29, 0.717) is 5.56 Å². The first-order valence-corrected chi connectivity index (χ1v) is 7.37. The van der Waals surface area contributed by atoms with Crippen LogP contribution in [0.15, 0.2) is 27.5 Å². The summed E-state index contributed by atoms with van der Waals surface area (Å²) in [6, 6.07) is 3.52. The number of aromatic nitrogens is 1. The minimum absolute atomic E-state index is 0.0885. The summed E-state index contributed by atoms with van der Waals surface area (Å²) in [5, 5.41) is 13.0. The van der Waals surface area contributed by atoms with Gasteiger partial charge in [0.2, 0.25) is 0 Å². The van der Waals surface area contributed by atoms with Crippen LogP contribution >= 0.6 is 15.9 Å². The fourth-order valence-corrected chi connectivity index (χ4v) is 3.34. The number of amides is 2. The number of hydrogen-bond acceptors (Lipinski definition) is 6. The number of non-ortho nitro benzene ring substituents is 1. The Hall–Kier alpha value is -3.01. The van der Waals surface area contributed by atoms with Crippen LogP contribution in [0.3, 0.4) is 0 Å². The van der Waals surface area contributed by atoms with E-state index in [9.17, 15) is 24.5 Å². The van der Waals surface area contributed by atoms with Gasteiger partial charge < -0.3 is 5.73 Å². The summed E-state index contributed by atoms with van der Waals surface area (Å²) in [5.74, 6) is -1.60. The molecule has 3 rings (SSSR count). The van der Waals surface area contributed by atoms with Crippen molar-refractivity contribution in [1.82, 2.24) is 9.88 Å². The van der Waals surface area contributed by atoms with Gasteiger partial charge in [-0.2, -0.15) is 0 Å². The number of nitro groups is 1. The number of nitrogens with zero attached hydrogens (tertiary/aromatic N) is 2. The second kappa shape index (κ2) is 5.27. The Labute approximate surface area is 142 Å². The van der Waals surface area contributed by atoms with Crippen LogP contribution in [0.25, 0.3) is 5.69 Å². The normalized spacial score (nSPS) is 12.9. The monoisotopic (exact) mass is 392 g/mol. The summed E-state index contributed by atoms with van der Waals surface area (Å²) in [6.45, 7) is 1.57. The Kier molecular flexibility index (Phi) is 3.48. The van der Waals surface area contributed by atoms with Crippen molar-refractivity contribution in [1.29, 1.82) is 0 Å². The molecule has 0 radical (unpaired) electrons. The predicted molar refractivity (Wildman–Crippen MR) is 87.3 cm³/mol. The molecule has 0 fully saturated rings. The van der Waals surface area contributed by atoms with Crippen LogP contribution in [0.5, 0.6) is 0 Å². The van der Waals surface area contributed by atoms with Gasteiger partial charge >= 0.3 is 0 Å². The molecule has 0 unspecified atom stereocenters. The minimum Gasteiger partial charge on any atom is -0.384 e. The summed E-state index contributed by atoms with van der Waals surface area (Å²) >= 11 is 3.19. The van der Waals surface area contributed by atoms with Crippen molar-refractivity contribution in [2.24, 2.45) is 0 Å². The molecule has 1 aliphatic heterocycles. The second-order valence-corrected chi connectivity index (χ2v) is 5.98. The Bertz CT molecular complexity index is 988. The van der Waals surface area contributed by atoms with Crippen molar-refractivity contribution >= 4 is 39.2 Å². The third kappa shape index (κ3) is 2.19. The first-order valence-electron chi connectivity index (χ1n) is 6.58. The van der Waals surface area contributed by atoms with Gasteiger partial charge in [-0.15, -0.1) is 0 Å². The Balaban J connectivity index is 2.36. The molecule has 1 aromatic heterocycles. The molecule has 0 atom stereocenters. The summed E-state index contributed by atoms with van der Waals surface area (Å²) in [7, 11) is 0. The van der Waals surface area contributed by atoms with Crippen molar-refractivity contribution in [3.8, 4) is 5.69 Å². The molecule has 2 amide bonds. The van der Waals surface area contributed by atoms with E-state index in [-0.39, 0.29) is 32.8 Å². The van der Waals surface area contributed by atoms with Gasteiger partial charge in [0.1, 0.15) is 5.82 Å². The van der Waals surface area contributed by atoms with Gasteiger partial charge in [-0.1, -0.05) is 0 Å². The SMILES string of the molecule is Cc1cc([N+](=O)[O-])cc(Br)c1-n1c(N)c2c(cc1=O)C(=O)NC2=O. The van der Waals surface area contributed by atoms with E-state index in [4.69, 9.17) is 5.73 Å². The molecule has 10 heteroatoms.